The van der Waals surface area contributed by atoms with E-state index in [-0.39, 0.29) is 11.4 Å². The highest BCUT2D eigenvalue weighted by molar-refractivity contribution is 9.10. The molecule has 0 spiro atoms. The van der Waals surface area contributed by atoms with Gasteiger partial charge in [-0.3, -0.25) is 10.2 Å². The van der Waals surface area contributed by atoms with Gasteiger partial charge >= 0.3 is 0 Å². The van der Waals surface area contributed by atoms with E-state index in [1.807, 2.05) is 32.0 Å². The molecule has 8 nitrogen and oxygen atoms in total. The highest BCUT2D eigenvalue weighted by atomic mass is 79.9. The van der Waals surface area contributed by atoms with Crippen LogP contribution in [0.2, 0.25) is 0 Å². The fraction of sp³-hybridized carbons (Fsp3) is 0.240. The van der Waals surface area contributed by atoms with Gasteiger partial charge in [0, 0.05) is 6.08 Å². The Bertz CT molecular complexity index is 1250. The Kier molecular flexibility index (Phi) is 6.74. The van der Waals surface area contributed by atoms with Crippen LogP contribution in [-0.4, -0.2) is 43.0 Å². The first-order chi connectivity index (χ1) is 16.3. The summed E-state index contributed by atoms with van der Waals surface area (Å²) in [6.07, 6.45) is 3.18. The summed E-state index contributed by atoms with van der Waals surface area (Å²) in [6.45, 7) is 6.42. The molecule has 176 valence electrons. The molecule has 9 heteroatoms. The van der Waals surface area contributed by atoms with Crippen molar-refractivity contribution >= 4 is 39.6 Å². The first kappa shape index (κ1) is 23.6. The zero-order valence-corrected chi connectivity index (χ0v) is 20.9. The molecular weight excluding hydrogens is 502 g/mol. The highest BCUT2D eigenvalue weighted by Crippen LogP contribution is 2.37. The third-order valence-corrected chi connectivity index (χ3v) is 5.82. The number of aryl methyl sites for hydroxylation is 2. The maximum atomic E-state index is 12.5. The van der Waals surface area contributed by atoms with Crippen LogP contribution in [-0.2, 0) is 9.63 Å². The van der Waals surface area contributed by atoms with Crippen molar-refractivity contribution in [2.45, 2.75) is 20.8 Å². The maximum absolute atomic E-state index is 12.5. The first-order valence-electron chi connectivity index (χ1n) is 10.6. The van der Waals surface area contributed by atoms with Crippen molar-refractivity contribution in [1.29, 1.82) is 5.41 Å². The van der Waals surface area contributed by atoms with Crippen molar-refractivity contribution in [3.05, 3.63) is 68.9 Å². The fourth-order valence-electron chi connectivity index (χ4n) is 3.64. The summed E-state index contributed by atoms with van der Waals surface area (Å²) in [5.74, 6) is 2.12. The van der Waals surface area contributed by atoms with Crippen LogP contribution in [0.3, 0.4) is 0 Å². The predicted octanol–water partition coefficient (Wildman–Crippen LogP) is 4.98. The van der Waals surface area contributed by atoms with Crippen LogP contribution in [0.25, 0.3) is 6.08 Å². The summed E-state index contributed by atoms with van der Waals surface area (Å²) in [5, 5.41) is 9.59. The third-order valence-electron chi connectivity index (χ3n) is 5.23. The van der Waals surface area contributed by atoms with Gasteiger partial charge in [0.05, 0.1) is 17.2 Å². The molecule has 1 N–H and O–H groups in total. The van der Waals surface area contributed by atoms with Gasteiger partial charge in [-0.15, -0.1) is 5.06 Å². The quantitative estimate of drug-likeness (QED) is 0.404. The average Bonchev–Trinajstić information content (AvgIpc) is 3.16. The molecule has 34 heavy (non-hydrogen) atoms. The molecule has 2 aromatic carbocycles. The lowest BCUT2D eigenvalue weighted by Crippen LogP contribution is -2.38. The van der Waals surface area contributed by atoms with Gasteiger partial charge in [0.15, 0.2) is 23.2 Å². The Morgan fingerprint density at radius 1 is 1.12 bits per heavy atom. The van der Waals surface area contributed by atoms with Gasteiger partial charge in [0.1, 0.15) is 24.7 Å². The minimum absolute atomic E-state index is 0.0813. The third kappa shape index (κ3) is 4.70. The molecule has 0 unspecified atom stereocenters. The average molecular weight is 526 g/mol. The summed E-state index contributed by atoms with van der Waals surface area (Å²) >= 11 is 3.52. The number of allylic oxidation sites excluding steroid dienone is 1. The molecule has 2 heterocycles. The lowest BCUT2D eigenvalue weighted by atomic mass is 10.1. The molecule has 0 fully saturated rings. The van der Waals surface area contributed by atoms with Gasteiger partial charge in [0.25, 0.3) is 5.91 Å². The van der Waals surface area contributed by atoms with E-state index in [0.717, 1.165) is 16.9 Å². The first-order valence-corrected chi connectivity index (χ1v) is 11.4. The van der Waals surface area contributed by atoms with Gasteiger partial charge in [0.2, 0.25) is 0 Å². The van der Waals surface area contributed by atoms with Crippen LogP contribution in [0.4, 0.5) is 0 Å². The lowest BCUT2D eigenvalue weighted by Gasteiger charge is -2.23. The summed E-state index contributed by atoms with van der Waals surface area (Å²) in [6, 6.07) is 9.52. The van der Waals surface area contributed by atoms with E-state index in [4.69, 9.17) is 24.5 Å². The summed E-state index contributed by atoms with van der Waals surface area (Å²) in [5.41, 5.74) is 2.89. The Morgan fingerprint density at radius 3 is 2.47 bits per heavy atom. The number of methoxy groups -OCH3 is 1. The van der Waals surface area contributed by atoms with Gasteiger partial charge in [-0.05, 0) is 71.6 Å². The van der Waals surface area contributed by atoms with Gasteiger partial charge < -0.3 is 19.0 Å². The van der Waals surface area contributed by atoms with E-state index in [2.05, 4.69) is 20.9 Å². The van der Waals surface area contributed by atoms with Gasteiger partial charge in [-0.2, -0.15) is 4.99 Å². The predicted molar refractivity (Wildman–Crippen MR) is 132 cm³/mol. The van der Waals surface area contributed by atoms with E-state index in [0.29, 0.717) is 46.3 Å². The highest BCUT2D eigenvalue weighted by Gasteiger charge is 2.34. The molecular formula is C25H24BrN3O5. The minimum Gasteiger partial charge on any atom is -0.493 e. The van der Waals surface area contributed by atoms with Crippen LogP contribution >= 0.6 is 15.9 Å². The topological polar surface area (TPSA) is 93.4 Å². The van der Waals surface area contributed by atoms with Crippen molar-refractivity contribution in [3.8, 4) is 17.2 Å². The number of hydrogen-bond donors (Lipinski definition) is 1. The van der Waals surface area contributed by atoms with Crippen molar-refractivity contribution in [3.63, 3.8) is 0 Å². The van der Waals surface area contributed by atoms with E-state index in [1.54, 1.807) is 31.2 Å². The number of nitrogens with zero attached hydrogens (tertiary/aromatic N) is 2. The second-order valence-electron chi connectivity index (χ2n) is 7.77. The number of rotatable bonds is 7. The van der Waals surface area contributed by atoms with Gasteiger partial charge in [-0.1, -0.05) is 18.2 Å². The van der Waals surface area contributed by atoms with Crippen molar-refractivity contribution < 1.29 is 23.8 Å². The standard InChI is InChI=1S/C25H24BrN3O5/c1-14-6-5-7-15(2)22(14)32-8-9-33-23-19(26)12-17(13-20(23)31-4)11-18-24(27)29-21(28-25(18)30)10-16(3)34-29/h5-7,10-13,27H,8-9H2,1-4H3/b18-11-,27-24?. The number of hydrogen-bond acceptors (Lipinski definition) is 6. The summed E-state index contributed by atoms with van der Waals surface area (Å²) in [7, 11) is 1.54. The van der Waals surface area contributed by atoms with Crippen LogP contribution in [0.1, 0.15) is 23.6 Å². The van der Waals surface area contributed by atoms with E-state index in [9.17, 15) is 4.79 Å². The van der Waals surface area contributed by atoms with Crippen molar-refractivity contribution in [1.82, 2.24) is 5.06 Å². The Hall–Kier alpha value is -3.59. The molecule has 0 radical (unpaired) electrons. The van der Waals surface area contributed by atoms with Crippen molar-refractivity contribution in [2.24, 2.45) is 4.99 Å². The number of amidine groups is 2. The number of aliphatic imine (C=N–C) groups is 1. The number of nitrogens with one attached hydrogen (secondary N) is 1. The molecule has 0 bridgehead atoms. The Balaban J connectivity index is 1.49. The van der Waals surface area contributed by atoms with Crippen LogP contribution in [0.5, 0.6) is 17.2 Å². The number of fused-ring (bicyclic) bond motifs is 1. The molecule has 4 rings (SSSR count). The second-order valence-corrected chi connectivity index (χ2v) is 8.63. The monoisotopic (exact) mass is 525 g/mol. The minimum atomic E-state index is -0.509. The lowest BCUT2D eigenvalue weighted by molar-refractivity contribution is -0.114. The number of ether oxygens (including phenoxy) is 3. The van der Waals surface area contributed by atoms with Crippen LogP contribution < -0.4 is 14.2 Å². The normalized spacial score (nSPS) is 16.1. The molecule has 0 saturated carbocycles. The van der Waals surface area contributed by atoms with Gasteiger partial charge in [-0.25, -0.2) is 0 Å². The smallest absolute Gasteiger partial charge is 0.282 e. The number of benzene rings is 2. The zero-order chi connectivity index (χ0) is 24.4. The molecule has 1 amide bonds. The van der Waals surface area contributed by atoms with E-state index in [1.165, 1.54) is 12.2 Å². The maximum Gasteiger partial charge on any atom is 0.282 e. The molecule has 0 atom stereocenters. The molecule has 0 aliphatic carbocycles. The number of carbonyl (C=O) groups excluding carboxylic acids is 1. The van der Waals surface area contributed by atoms with Crippen molar-refractivity contribution in [2.75, 3.05) is 20.3 Å². The number of amides is 1. The molecule has 0 aromatic heterocycles. The largest absolute Gasteiger partial charge is 0.493 e. The molecule has 0 saturated heterocycles. The van der Waals surface area contributed by atoms with Crippen LogP contribution in [0.15, 0.2) is 57.2 Å². The molecule has 2 aliphatic heterocycles. The summed E-state index contributed by atoms with van der Waals surface area (Å²) < 4.78 is 18.0. The van der Waals surface area contributed by atoms with E-state index >= 15 is 0 Å². The number of hydroxylamine groups is 2. The second kappa shape index (κ2) is 9.72. The molecule has 2 aliphatic rings. The summed E-state index contributed by atoms with van der Waals surface area (Å²) in [4.78, 5) is 22.0. The fourth-order valence-corrected chi connectivity index (χ4v) is 4.22. The number of para-hydroxylation sites is 1. The van der Waals surface area contributed by atoms with E-state index < -0.39 is 5.91 Å². The number of carbonyl (C=O) groups is 1. The Morgan fingerprint density at radius 2 is 1.79 bits per heavy atom. The molecule has 2 aromatic rings. The Labute approximate surface area is 206 Å². The van der Waals surface area contributed by atoms with Crippen LogP contribution in [0, 0.1) is 19.3 Å². The zero-order valence-electron chi connectivity index (χ0n) is 19.3. The number of halogens is 1. The SMILES string of the molecule is COc1cc(/C=C2/C(=N)N3OC(C)=CC3=NC2=O)cc(Br)c1OCCOc1c(C)cccc1C.